The van der Waals surface area contributed by atoms with Crippen LogP contribution in [0.5, 0.6) is 0 Å². The summed E-state index contributed by atoms with van der Waals surface area (Å²) in [4.78, 5) is 37.3. The summed E-state index contributed by atoms with van der Waals surface area (Å²) in [6.07, 6.45) is -1.25. The molecule has 1 aromatic rings. The highest BCUT2D eigenvalue weighted by atomic mass is 16.5. The smallest absolute Gasteiger partial charge is 0.311 e. The molecule has 1 aromatic carbocycles. The van der Waals surface area contributed by atoms with Gasteiger partial charge in [0.15, 0.2) is 6.10 Å². The number of hydrogen-bond donors (Lipinski definition) is 1. The van der Waals surface area contributed by atoms with Crippen molar-refractivity contribution in [3.8, 4) is 0 Å². The molecule has 0 spiro atoms. The molecule has 1 N–H and O–H groups in total. The van der Waals surface area contributed by atoms with Crippen LogP contribution in [0.4, 0.5) is 0 Å². The van der Waals surface area contributed by atoms with Gasteiger partial charge in [-0.3, -0.25) is 14.4 Å². The molecule has 24 heavy (non-hydrogen) atoms. The zero-order valence-corrected chi connectivity index (χ0v) is 13.5. The number of carboxylic acids is 1. The molecule has 1 heterocycles. The van der Waals surface area contributed by atoms with Crippen LogP contribution in [0.15, 0.2) is 30.3 Å². The molecule has 1 amide bonds. The van der Waals surface area contributed by atoms with Gasteiger partial charge in [-0.25, -0.2) is 0 Å². The predicted molar refractivity (Wildman–Crippen MR) is 84.2 cm³/mol. The number of carbonyl (C=O) groups is 3. The Labute approximate surface area is 140 Å². The average Bonchev–Trinajstić information content (AvgIpc) is 2.58. The van der Waals surface area contributed by atoms with Crippen LogP contribution < -0.4 is 0 Å². The summed E-state index contributed by atoms with van der Waals surface area (Å²) in [6, 6.07) is 8.96. The van der Waals surface area contributed by atoms with E-state index in [9.17, 15) is 19.5 Å². The van der Waals surface area contributed by atoms with Crippen LogP contribution in [0.3, 0.4) is 0 Å². The third-order valence-electron chi connectivity index (χ3n) is 3.84. The number of carbonyl (C=O) groups excluding carboxylic acids is 2. The van der Waals surface area contributed by atoms with Crippen LogP contribution in [-0.2, 0) is 30.3 Å². The number of ether oxygens (including phenoxy) is 2. The van der Waals surface area contributed by atoms with Crippen molar-refractivity contribution in [3.05, 3.63) is 35.9 Å². The van der Waals surface area contributed by atoms with Crippen LogP contribution in [0.1, 0.15) is 12.5 Å². The number of benzene rings is 1. The fourth-order valence-corrected chi connectivity index (χ4v) is 2.64. The van der Waals surface area contributed by atoms with Crippen molar-refractivity contribution in [2.24, 2.45) is 5.92 Å². The summed E-state index contributed by atoms with van der Waals surface area (Å²) in [7, 11) is 0. The number of esters is 1. The summed E-state index contributed by atoms with van der Waals surface area (Å²) >= 11 is 0. The van der Waals surface area contributed by atoms with Crippen molar-refractivity contribution in [1.29, 1.82) is 0 Å². The Hall–Kier alpha value is -2.41. The highest BCUT2D eigenvalue weighted by Crippen LogP contribution is 2.19. The van der Waals surface area contributed by atoms with E-state index >= 15 is 0 Å². The first-order valence-electron chi connectivity index (χ1n) is 7.79. The van der Waals surface area contributed by atoms with Crippen molar-refractivity contribution >= 4 is 17.8 Å². The number of amides is 1. The van der Waals surface area contributed by atoms with Crippen molar-refractivity contribution in [3.63, 3.8) is 0 Å². The van der Waals surface area contributed by atoms with Crippen molar-refractivity contribution in [2.75, 3.05) is 26.3 Å². The summed E-state index contributed by atoms with van der Waals surface area (Å²) in [6.45, 7) is 2.65. The summed E-state index contributed by atoms with van der Waals surface area (Å²) in [5.41, 5.74) is 0.761. The largest absolute Gasteiger partial charge is 0.481 e. The SMILES string of the molecule is CC(=O)OC(C(=O)N1CCOCC1)C(Cc1ccccc1)C(=O)O. The van der Waals surface area contributed by atoms with E-state index < -0.39 is 29.9 Å². The van der Waals surface area contributed by atoms with E-state index in [1.165, 1.54) is 11.8 Å². The molecule has 2 atom stereocenters. The number of aliphatic carboxylic acids is 1. The number of nitrogens with zero attached hydrogens (tertiary/aromatic N) is 1. The third-order valence-corrected chi connectivity index (χ3v) is 3.84. The Morgan fingerprint density at radius 2 is 1.83 bits per heavy atom. The van der Waals surface area contributed by atoms with Gasteiger partial charge in [-0.15, -0.1) is 0 Å². The lowest BCUT2D eigenvalue weighted by molar-refractivity contribution is -0.169. The molecule has 7 heteroatoms. The van der Waals surface area contributed by atoms with E-state index in [1.54, 1.807) is 24.3 Å². The zero-order valence-electron chi connectivity index (χ0n) is 13.5. The first kappa shape index (κ1) is 17.9. The van der Waals surface area contributed by atoms with Gasteiger partial charge < -0.3 is 19.5 Å². The van der Waals surface area contributed by atoms with Crippen molar-refractivity contribution in [1.82, 2.24) is 4.90 Å². The first-order valence-corrected chi connectivity index (χ1v) is 7.79. The second-order valence-electron chi connectivity index (χ2n) is 5.60. The van der Waals surface area contributed by atoms with Gasteiger partial charge in [-0.05, 0) is 12.0 Å². The molecular formula is C17H21NO6. The molecule has 0 aliphatic carbocycles. The first-order chi connectivity index (χ1) is 11.5. The zero-order chi connectivity index (χ0) is 17.5. The Morgan fingerprint density at radius 1 is 1.21 bits per heavy atom. The van der Waals surface area contributed by atoms with Crippen molar-refractivity contribution in [2.45, 2.75) is 19.4 Å². The Morgan fingerprint density at radius 3 is 2.38 bits per heavy atom. The second-order valence-corrected chi connectivity index (χ2v) is 5.60. The number of morpholine rings is 1. The minimum absolute atomic E-state index is 0.101. The van der Waals surface area contributed by atoms with Gasteiger partial charge >= 0.3 is 11.9 Å². The van der Waals surface area contributed by atoms with Gasteiger partial charge in [0, 0.05) is 20.0 Å². The summed E-state index contributed by atoms with van der Waals surface area (Å²) in [5.74, 6) is -3.49. The van der Waals surface area contributed by atoms with Crippen LogP contribution in [-0.4, -0.2) is 60.3 Å². The molecule has 0 bridgehead atoms. The monoisotopic (exact) mass is 335 g/mol. The Balaban J connectivity index is 2.22. The highest BCUT2D eigenvalue weighted by Gasteiger charge is 2.39. The van der Waals surface area contributed by atoms with Crippen LogP contribution in [0, 0.1) is 5.92 Å². The van der Waals surface area contributed by atoms with E-state index in [1.807, 2.05) is 6.07 Å². The molecule has 7 nitrogen and oxygen atoms in total. The van der Waals surface area contributed by atoms with Gasteiger partial charge in [-0.2, -0.15) is 0 Å². The fraction of sp³-hybridized carbons (Fsp3) is 0.471. The Kier molecular flexibility index (Phi) is 6.31. The molecule has 0 aromatic heterocycles. The lowest BCUT2D eigenvalue weighted by atomic mass is 9.93. The molecule has 0 saturated carbocycles. The van der Waals surface area contributed by atoms with Gasteiger partial charge in [0.1, 0.15) is 5.92 Å². The van der Waals surface area contributed by atoms with E-state index in [0.29, 0.717) is 26.3 Å². The molecule has 1 aliphatic rings. The third kappa shape index (κ3) is 4.79. The van der Waals surface area contributed by atoms with Gasteiger partial charge in [-0.1, -0.05) is 30.3 Å². The quantitative estimate of drug-likeness (QED) is 0.770. The molecule has 0 radical (unpaired) electrons. The maximum absolute atomic E-state index is 12.7. The van der Waals surface area contributed by atoms with E-state index in [4.69, 9.17) is 9.47 Å². The predicted octanol–water partition coefficient (Wildman–Crippen LogP) is 0.720. The Bertz CT molecular complexity index is 582. The molecule has 1 saturated heterocycles. The lowest BCUT2D eigenvalue weighted by Crippen LogP contribution is -2.51. The van der Waals surface area contributed by atoms with Crippen LogP contribution in [0.25, 0.3) is 0 Å². The van der Waals surface area contributed by atoms with E-state index in [0.717, 1.165) is 5.56 Å². The minimum atomic E-state index is -1.35. The minimum Gasteiger partial charge on any atom is -0.481 e. The van der Waals surface area contributed by atoms with Crippen LogP contribution >= 0.6 is 0 Å². The molecular weight excluding hydrogens is 314 g/mol. The molecule has 2 rings (SSSR count). The van der Waals surface area contributed by atoms with Crippen LogP contribution in [0.2, 0.25) is 0 Å². The lowest BCUT2D eigenvalue weighted by Gasteiger charge is -2.32. The van der Waals surface area contributed by atoms with Gasteiger partial charge in [0.25, 0.3) is 5.91 Å². The average molecular weight is 335 g/mol. The number of rotatable bonds is 6. The van der Waals surface area contributed by atoms with E-state index in [-0.39, 0.29) is 6.42 Å². The number of carboxylic acid groups (broad SMARTS) is 1. The summed E-state index contributed by atoms with van der Waals surface area (Å²) < 4.78 is 10.3. The normalized spacial score (nSPS) is 17.0. The standard InChI is InChI=1S/C17H21NO6/c1-12(19)24-15(16(20)18-7-9-23-10-8-18)14(17(21)22)11-13-5-3-2-4-6-13/h2-6,14-15H,7-11H2,1H3,(H,21,22). The second kappa shape index (κ2) is 8.44. The topological polar surface area (TPSA) is 93.1 Å². The molecule has 130 valence electrons. The molecule has 2 unspecified atom stereocenters. The highest BCUT2D eigenvalue weighted by molar-refractivity contribution is 5.88. The maximum atomic E-state index is 12.7. The van der Waals surface area contributed by atoms with Gasteiger partial charge in [0.05, 0.1) is 13.2 Å². The fourth-order valence-electron chi connectivity index (χ4n) is 2.64. The molecule has 1 aliphatic heterocycles. The van der Waals surface area contributed by atoms with Crippen molar-refractivity contribution < 1.29 is 29.0 Å². The summed E-state index contributed by atoms with van der Waals surface area (Å²) in [5, 5.41) is 9.58. The molecule has 1 fully saturated rings. The maximum Gasteiger partial charge on any atom is 0.311 e. The van der Waals surface area contributed by atoms with Gasteiger partial charge in [0.2, 0.25) is 0 Å². The number of hydrogen-bond acceptors (Lipinski definition) is 5. The van der Waals surface area contributed by atoms with E-state index in [2.05, 4.69) is 0 Å².